The number of carbonyl (C=O) groups excluding carboxylic acids is 1. The molecule has 3 rings (SSSR count). The van der Waals surface area contributed by atoms with E-state index in [2.05, 4.69) is 43.2 Å². The van der Waals surface area contributed by atoms with Crippen molar-refractivity contribution in [3.63, 3.8) is 0 Å². The van der Waals surface area contributed by atoms with Crippen molar-refractivity contribution in [2.45, 2.75) is 46.6 Å². The maximum atomic E-state index is 13.1. The summed E-state index contributed by atoms with van der Waals surface area (Å²) in [6, 6.07) is 6.11. The van der Waals surface area contributed by atoms with Gasteiger partial charge in [-0.05, 0) is 93.6 Å². The Bertz CT molecular complexity index is 829. The van der Waals surface area contributed by atoms with Gasteiger partial charge in [-0.1, -0.05) is 25.1 Å². The van der Waals surface area contributed by atoms with Crippen LogP contribution in [0.25, 0.3) is 5.57 Å². The van der Waals surface area contributed by atoms with Gasteiger partial charge in [0.1, 0.15) is 5.75 Å². The molecule has 29 heavy (non-hydrogen) atoms. The highest BCUT2D eigenvalue weighted by Crippen LogP contribution is 2.29. The predicted octanol–water partition coefficient (Wildman–Crippen LogP) is 4.81. The molecule has 2 aliphatic heterocycles. The molecule has 0 saturated carbocycles. The Balaban J connectivity index is 1.75. The second-order valence-electron chi connectivity index (χ2n) is 8.19. The number of piperidine rings is 1. The molecule has 1 aromatic carbocycles. The molecule has 0 aliphatic carbocycles. The van der Waals surface area contributed by atoms with E-state index in [1.54, 1.807) is 13.2 Å². The minimum atomic E-state index is 0.0383. The van der Waals surface area contributed by atoms with E-state index < -0.39 is 0 Å². The van der Waals surface area contributed by atoms with Crippen LogP contribution in [0.1, 0.15) is 44.7 Å². The summed E-state index contributed by atoms with van der Waals surface area (Å²) in [4.78, 5) is 17.4. The third-order valence-corrected chi connectivity index (χ3v) is 6.24. The molecule has 156 valence electrons. The van der Waals surface area contributed by atoms with Crippen molar-refractivity contribution in [2.75, 3.05) is 26.7 Å². The van der Waals surface area contributed by atoms with Crippen LogP contribution >= 0.6 is 0 Å². The molecule has 0 aromatic heterocycles. The van der Waals surface area contributed by atoms with Crippen molar-refractivity contribution in [2.24, 2.45) is 5.92 Å². The number of methoxy groups -OCH3 is 1. The normalized spacial score (nSPS) is 21.3. The molecule has 1 saturated heterocycles. The highest BCUT2D eigenvalue weighted by Gasteiger charge is 2.25. The van der Waals surface area contributed by atoms with Crippen LogP contribution in [-0.4, -0.2) is 48.5 Å². The number of amides is 1. The molecule has 4 heteroatoms. The van der Waals surface area contributed by atoms with Gasteiger partial charge in [0.05, 0.1) is 13.2 Å². The summed E-state index contributed by atoms with van der Waals surface area (Å²) in [6.07, 6.45) is 10.6. The van der Waals surface area contributed by atoms with Gasteiger partial charge in [-0.3, -0.25) is 4.79 Å². The maximum Gasteiger partial charge on any atom is 0.251 e. The number of benzene rings is 1. The summed E-state index contributed by atoms with van der Waals surface area (Å²) >= 11 is 0. The number of rotatable bonds is 5. The zero-order chi connectivity index (χ0) is 21.0. The minimum Gasteiger partial charge on any atom is -0.496 e. The first kappa shape index (κ1) is 21.4. The molecule has 0 radical (unpaired) electrons. The van der Waals surface area contributed by atoms with Crippen LogP contribution < -0.4 is 4.74 Å². The number of hydrogen-bond donors (Lipinski definition) is 0. The Morgan fingerprint density at radius 3 is 2.62 bits per heavy atom. The lowest BCUT2D eigenvalue weighted by Gasteiger charge is -2.34. The molecule has 1 fully saturated rings. The summed E-state index contributed by atoms with van der Waals surface area (Å²) in [6.45, 7) is 11.7. The van der Waals surface area contributed by atoms with E-state index in [4.69, 9.17) is 4.74 Å². The Morgan fingerprint density at radius 1 is 1.28 bits per heavy atom. The van der Waals surface area contributed by atoms with Crippen molar-refractivity contribution in [1.29, 1.82) is 0 Å². The van der Waals surface area contributed by atoms with Gasteiger partial charge in [-0.15, -0.1) is 0 Å². The summed E-state index contributed by atoms with van der Waals surface area (Å²) in [5, 5.41) is 0. The van der Waals surface area contributed by atoms with Gasteiger partial charge in [0, 0.05) is 12.3 Å². The lowest BCUT2D eigenvalue weighted by atomic mass is 9.87. The third-order valence-electron chi connectivity index (χ3n) is 6.24. The van der Waals surface area contributed by atoms with Crippen molar-refractivity contribution >= 4 is 11.5 Å². The summed E-state index contributed by atoms with van der Waals surface area (Å²) in [7, 11) is 1.68. The van der Waals surface area contributed by atoms with Gasteiger partial charge < -0.3 is 14.5 Å². The zero-order valence-electron chi connectivity index (χ0n) is 18.4. The third kappa shape index (κ3) is 4.99. The van der Waals surface area contributed by atoms with Crippen molar-refractivity contribution in [1.82, 2.24) is 9.80 Å². The molecule has 1 aromatic rings. The largest absolute Gasteiger partial charge is 0.496 e. The average molecular weight is 395 g/mol. The van der Waals surface area contributed by atoms with Gasteiger partial charge in [0.2, 0.25) is 0 Å². The van der Waals surface area contributed by atoms with Crippen LogP contribution in [-0.2, 0) is 4.79 Å². The number of aryl methyl sites for hydroxylation is 1. The van der Waals surface area contributed by atoms with Gasteiger partial charge in [0.25, 0.3) is 5.91 Å². The quantitative estimate of drug-likeness (QED) is 0.672. The summed E-state index contributed by atoms with van der Waals surface area (Å²) in [5.41, 5.74) is 4.38. The maximum absolute atomic E-state index is 13.1. The Hall–Kier alpha value is -2.33. The molecular weight excluding hydrogens is 360 g/mol. The number of carbonyl (C=O) groups is 1. The molecule has 1 amide bonds. The Labute approximate surface area is 175 Å². The summed E-state index contributed by atoms with van der Waals surface area (Å²) < 4.78 is 5.34. The van der Waals surface area contributed by atoms with E-state index in [1.807, 2.05) is 30.9 Å². The SMILES string of the molecule is CCN1CCC(C2=CN(C(=O)/C=C(\C)c3ccc(OC)c(C)c3)C(C)C=C2)CC1. The average Bonchev–Trinajstić information content (AvgIpc) is 2.74. The molecule has 0 N–H and O–H groups in total. The van der Waals surface area contributed by atoms with E-state index in [0.717, 1.165) is 42.1 Å². The van der Waals surface area contributed by atoms with Gasteiger partial charge >= 0.3 is 0 Å². The van der Waals surface area contributed by atoms with E-state index in [0.29, 0.717) is 5.92 Å². The van der Waals surface area contributed by atoms with Crippen LogP contribution in [0.5, 0.6) is 5.75 Å². The van der Waals surface area contributed by atoms with E-state index in [9.17, 15) is 4.79 Å². The molecule has 4 nitrogen and oxygen atoms in total. The fraction of sp³-hybridized carbons (Fsp3) is 0.480. The molecule has 2 heterocycles. The number of ether oxygens (including phenoxy) is 1. The Morgan fingerprint density at radius 2 is 2.00 bits per heavy atom. The fourth-order valence-corrected chi connectivity index (χ4v) is 4.22. The van der Waals surface area contributed by atoms with Crippen molar-refractivity contribution in [3.05, 3.63) is 59.3 Å². The standard InChI is InChI=1S/C25H34N2O2/c1-6-26-13-11-21(12-14-26)23-8-7-20(4)27(17-23)25(28)16-18(2)22-9-10-24(29-5)19(3)15-22/h7-10,15-17,20-21H,6,11-14H2,1-5H3/b18-16+. The topological polar surface area (TPSA) is 32.8 Å². The number of likely N-dealkylation sites (tertiary alicyclic amines) is 1. The van der Waals surface area contributed by atoms with E-state index in [-0.39, 0.29) is 11.9 Å². The first-order valence-electron chi connectivity index (χ1n) is 10.7. The molecule has 1 unspecified atom stereocenters. The fourth-order valence-electron chi connectivity index (χ4n) is 4.22. The highest BCUT2D eigenvalue weighted by molar-refractivity contribution is 5.96. The summed E-state index contributed by atoms with van der Waals surface area (Å²) in [5.74, 6) is 1.45. The second-order valence-corrected chi connectivity index (χ2v) is 8.19. The molecule has 0 spiro atoms. The lowest BCUT2D eigenvalue weighted by molar-refractivity contribution is -0.124. The van der Waals surface area contributed by atoms with Crippen molar-refractivity contribution in [3.8, 4) is 5.75 Å². The van der Waals surface area contributed by atoms with Gasteiger partial charge in [-0.25, -0.2) is 0 Å². The van der Waals surface area contributed by atoms with Crippen LogP contribution in [0.15, 0.2) is 48.2 Å². The van der Waals surface area contributed by atoms with Crippen molar-refractivity contribution < 1.29 is 9.53 Å². The number of nitrogens with zero attached hydrogens (tertiary/aromatic N) is 2. The smallest absolute Gasteiger partial charge is 0.251 e. The molecular formula is C25H34N2O2. The lowest BCUT2D eigenvalue weighted by Crippen LogP contribution is -2.37. The van der Waals surface area contributed by atoms with E-state index in [1.165, 1.54) is 18.4 Å². The van der Waals surface area contributed by atoms with E-state index >= 15 is 0 Å². The van der Waals surface area contributed by atoms with Gasteiger partial charge in [-0.2, -0.15) is 0 Å². The van der Waals surface area contributed by atoms with Crippen LogP contribution in [0, 0.1) is 12.8 Å². The second kappa shape index (κ2) is 9.45. The first-order valence-corrected chi connectivity index (χ1v) is 10.7. The van der Waals surface area contributed by atoms with Crippen LogP contribution in [0.4, 0.5) is 0 Å². The minimum absolute atomic E-state index is 0.0383. The molecule has 1 atom stereocenters. The monoisotopic (exact) mass is 394 g/mol. The number of hydrogen-bond acceptors (Lipinski definition) is 3. The van der Waals surface area contributed by atoms with Gasteiger partial charge in [0.15, 0.2) is 0 Å². The van der Waals surface area contributed by atoms with Crippen LogP contribution in [0.3, 0.4) is 0 Å². The molecule has 0 bridgehead atoms. The zero-order valence-corrected chi connectivity index (χ0v) is 18.4. The predicted molar refractivity (Wildman–Crippen MR) is 120 cm³/mol. The van der Waals surface area contributed by atoms with Crippen LogP contribution in [0.2, 0.25) is 0 Å². The Kier molecular flexibility index (Phi) is 6.96. The number of allylic oxidation sites excluding steroid dienone is 3. The first-order chi connectivity index (χ1) is 13.9. The molecule has 2 aliphatic rings. The highest BCUT2D eigenvalue weighted by atomic mass is 16.5.